The SMILES string of the molecule is COc1ccc(NC(=O)C2CCCN2)cc1OCC(N)=O. The number of nitrogens with two attached hydrogens (primary N) is 1. The van der Waals surface area contributed by atoms with Gasteiger partial charge in [-0.3, -0.25) is 9.59 Å². The predicted octanol–water partition coefficient (Wildman–Crippen LogP) is 0.250. The molecule has 1 heterocycles. The molecule has 2 amide bonds. The van der Waals surface area contributed by atoms with Crippen molar-refractivity contribution in [3.8, 4) is 11.5 Å². The number of ether oxygens (including phenoxy) is 2. The first-order valence-electron chi connectivity index (χ1n) is 6.73. The number of nitrogens with one attached hydrogen (secondary N) is 2. The van der Waals surface area contributed by atoms with Gasteiger partial charge in [-0.15, -0.1) is 0 Å². The van der Waals surface area contributed by atoms with E-state index in [2.05, 4.69) is 10.6 Å². The lowest BCUT2D eigenvalue weighted by molar-refractivity contribution is -0.120. The largest absolute Gasteiger partial charge is 0.493 e. The first-order chi connectivity index (χ1) is 10.1. The second-order valence-corrected chi connectivity index (χ2v) is 4.76. The molecule has 4 N–H and O–H groups in total. The Morgan fingerprint density at radius 2 is 2.24 bits per heavy atom. The Morgan fingerprint density at radius 1 is 1.43 bits per heavy atom. The molecule has 0 saturated carbocycles. The molecular weight excluding hydrogens is 274 g/mol. The molecule has 0 spiro atoms. The molecule has 1 saturated heterocycles. The van der Waals surface area contributed by atoms with Crippen LogP contribution in [-0.4, -0.2) is 38.1 Å². The molecule has 7 nitrogen and oxygen atoms in total. The molecule has 7 heteroatoms. The number of amides is 2. The lowest BCUT2D eigenvalue weighted by Gasteiger charge is -2.14. The van der Waals surface area contributed by atoms with E-state index in [1.807, 2.05) is 0 Å². The van der Waals surface area contributed by atoms with E-state index in [1.54, 1.807) is 18.2 Å². The number of carbonyl (C=O) groups excluding carboxylic acids is 2. The van der Waals surface area contributed by atoms with Gasteiger partial charge in [0.25, 0.3) is 5.91 Å². The molecule has 21 heavy (non-hydrogen) atoms. The maximum Gasteiger partial charge on any atom is 0.255 e. The minimum absolute atomic E-state index is 0.0847. The highest BCUT2D eigenvalue weighted by Gasteiger charge is 2.22. The fourth-order valence-electron chi connectivity index (χ4n) is 2.15. The minimum atomic E-state index is -0.582. The summed E-state index contributed by atoms with van der Waals surface area (Å²) in [6, 6.07) is 4.81. The zero-order chi connectivity index (χ0) is 15.2. The van der Waals surface area contributed by atoms with Crippen LogP contribution in [0.15, 0.2) is 18.2 Å². The summed E-state index contributed by atoms with van der Waals surface area (Å²) < 4.78 is 10.4. The maximum atomic E-state index is 12.0. The van der Waals surface area contributed by atoms with Gasteiger partial charge in [-0.05, 0) is 31.5 Å². The summed E-state index contributed by atoms with van der Waals surface area (Å²) in [6.07, 6.45) is 1.82. The van der Waals surface area contributed by atoms with Crippen LogP contribution in [0.4, 0.5) is 5.69 Å². The van der Waals surface area contributed by atoms with Crippen molar-refractivity contribution in [3.63, 3.8) is 0 Å². The van der Waals surface area contributed by atoms with E-state index < -0.39 is 5.91 Å². The van der Waals surface area contributed by atoms with E-state index in [-0.39, 0.29) is 18.6 Å². The third-order valence-electron chi connectivity index (χ3n) is 3.18. The highest BCUT2D eigenvalue weighted by Crippen LogP contribution is 2.30. The Labute approximate surface area is 122 Å². The summed E-state index contributed by atoms with van der Waals surface area (Å²) >= 11 is 0. The number of benzene rings is 1. The molecule has 0 radical (unpaired) electrons. The Morgan fingerprint density at radius 3 is 2.86 bits per heavy atom. The van der Waals surface area contributed by atoms with Crippen molar-refractivity contribution >= 4 is 17.5 Å². The fourth-order valence-corrected chi connectivity index (χ4v) is 2.15. The Balaban J connectivity index is 2.07. The van der Waals surface area contributed by atoms with Crippen molar-refractivity contribution in [2.24, 2.45) is 5.73 Å². The van der Waals surface area contributed by atoms with E-state index >= 15 is 0 Å². The van der Waals surface area contributed by atoms with Crippen LogP contribution >= 0.6 is 0 Å². The van der Waals surface area contributed by atoms with Gasteiger partial charge in [0, 0.05) is 11.8 Å². The van der Waals surface area contributed by atoms with Crippen molar-refractivity contribution in [2.45, 2.75) is 18.9 Å². The number of rotatable bonds is 6. The van der Waals surface area contributed by atoms with Gasteiger partial charge in [-0.25, -0.2) is 0 Å². The number of carbonyl (C=O) groups is 2. The quantitative estimate of drug-likeness (QED) is 0.697. The van der Waals surface area contributed by atoms with E-state index in [4.69, 9.17) is 15.2 Å². The van der Waals surface area contributed by atoms with Gasteiger partial charge < -0.3 is 25.8 Å². The molecule has 1 aromatic rings. The van der Waals surface area contributed by atoms with E-state index in [9.17, 15) is 9.59 Å². The second kappa shape index (κ2) is 6.94. The highest BCUT2D eigenvalue weighted by molar-refractivity contribution is 5.95. The summed E-state index contributed by atoms with van der Waals surface area (Å²) in [5.41, 5.74) is 5.63. The van der Waals surface area contributed by atoms with Gasteiger partial charge in [0.05, 0.1) is 13.2 Å². The summed E-state index contributed by atoms with van der Waals surface area (Å²) in [5, 5.41) is 5.93. The molecule has 1 aromatic carbocycles. The maximum absolute atomic E-state index is 12.0. The summed E-state index contributed by atoms with van der Waals surface area (Å²) in [4.78, 5) is 22.8. The lowest BCUT2D eigenvalue weighted by atomic mass is 10.2. The van der Waals surface area contributed by atoms with Crippen LogP contribution in [0, 0.1) is 0 Å². The van der Waals surface area contributed by atoms with Gasteiger partial charge in [0.1, 0.15) is 0 Å². The normalized spacial score (nSPS) is 17.3. The standard InChI is InChI=1S/C14H19N3O4/c1-20-11-5-4-9(7-12(11)21-8-13(15)18)17-14(19)10-3-2-6-16-10/h4-5,7,10,16H,2-3,6,8H2,1H3,(H2,15,18)(H,17,19). The van der Waals surface area contributed by atoms with Crippen molar-refractivity contribution in [1.82, 2.24) is 5.32 Å². The molecule has 0 aromatic heterocycles. The zero-order valence-corrected chi connectivity index (χ0v) is 11.8. The van der Waals surface area contributed by atoms with Gasteiger partial charge in [-0.1, -0.05) is 0 Å². The molecule has 1 fully saturated rings. The van der Waals surface area contributed by atoms with Crippen LogP contribution in [0.3, 0.4) is 0 Å². The molecule has 2 rings (SSSR count). The van der Waals surface area contributed by atoms with Gasteiger partial charge >= 0.3 is 0 Å². The average Bonchev–Trinajstić information content (AvgIpc) is 2.99. The molecule has 0 aliphatic carbocycles. The lowest BCUT2D eigenvalue weighted by Crippen LogP contribution is -2.35. The monoisotopic (exact) mass is 293 g/mol. The predicted molar refractivity (Wildman–Crippen MR) is 77.3 cm³/mol. The van der Waals surface area contributed by atoms with Crippen molar-refractivity contribution < 1.29 is 19.1 Å². The number of anilines is 1. The third kappa shape index (κ3) is 4.09. The second-order valence-electron chi connectivity index (χ2n) is 4.76. The molecule has 1 atom stereocenters. The number of primary amides is 1. The molecule has 1 unspecified atom stereocenters. The molecule has 1 aliphatic heterocycles. The van der Waals surface area contributed by atoms with Crippen molar-refractivity contribution in [3.05, 3.63) is 18.2 Å². The summed E-state index contributed by atoms with van der Waals surface area (Å²) in [7, 11) is 1.49. The smallest absolute Gasteiger partial charge is 0.255 e. The first kappa shape index (κ1) is 15.1. The zero-order valence-electron chi connectivity index (χ0n) is 11.8. The van der Waals surface area contributed by atoms with Crippen LogP contribution in [0.2, 0.25) is 0 Å². The highest BCUT2D eigenvalue weighted by atomic mass is 16.5. The Kier molecular flexibility index (Phi) is 4.99. The Bertz CT molecular complexity index is 527. The van der Waals surface area contributed by atoms with Crippen LogP contribution in [0.25, 0.3) is 0 Å². The van der Waals surface area contributed by atoms with E-state index in [0.29, 0.717) is 17.2 Å². The fraction of sp³-hybridized carbons (Fsp3) is 0.429. The molecule has 114 valence electrons. The van der Waals surface area contributed by atoms with Gasteiger partial charge in [-0.2, -0.15) is 0 Å². The van der Waals surface area contributed by atoms with Crippen molar-refractivity contribution in [1.29, 1.82) is 0 Å². The number of hydrogen-bond donors (Lipinski definition) is 3. The first-order valence-corrected chi connectivity index (χ1v) is 6.73. The topological polar surface area (TPSA) is 103 Å². The summed E-state index contributed by atoms with van der Waals surface area (Å²) in [5.74, 6) is 0.155. The average molecular weight is 293 g/mol. The van der Waals surface area contributed by atoms with Gasteiger partial charge in [0.2, 0.25) is 5.91 Å². The van der Waals surface area contributed by atoms with E-state index in [0.717, 1.165) is 19.4 Å². The van der Waals surface area contributed by atoms with Crippen LogP contribution < -0.4 is 25.8 Å². The van der Waals surface area contributed by atoms with Crippen LogP contribution in [0.1, 0.15) is 12.8 Å². The molecule has 1 aliphatic rings. The van der Waals surface area contributed by atoms with Crippen LogP contribution in [-0.2, 0) is 9.59 Å². The molecular formula is C14H19N3O4. The minimum Gasteiger partial charge on any atom is -0.493 e. The third-order valence-corrected chi connectivity index (χ3v) is 3.18. The molecule has 0 bridgehead atoms. The Hall–Kier alpha value is -2.28. The number of methoxy groups -OCH3 is 1. The summed E-state index contributed by atoms with van der Waals surface area (Å²) in [6.45, 7) is 0.603. The number of hydrogen-bond acceptors (Lipinski definition) is 5. The van der Waals surface area contributed by atoms with Gasteiger partial charge in [0.15, 0.2) is 18.1 Å². The van der Waals surface area contributed by atoms with E-state index in [1.165, 1.54) is 7.11 Å². The van der Waals surface area contributed by atoms with Crippen LogP contribution in [0.5, 0.6) is 11.5 Å². The van der Waals surface area contributed by atoms with Crippen molar-refractivity contribution in [2.75, 3.05) is 25.6 Å².